The highest BCUT2D eigenvalue weighted by atomic mass is 35.5. The normalized spacial score (nSPS) is 10.8. The van der Waals surface area contributed by atoms with E-state index in [0.717, 1.165) is 11.6 Å². The highest BCUT2D eigenvalue weighted by molar-refractivity contribution is 6.42. The van der Waals surface area contributed by atoms with Crippen molar-refractivity contribution in [2.45, 2.75) is 13.5 Å². The van der Waals surface area contributed by atoms with Crippen molar-refractivity contribution in [2.24, 2.45) is 0 Å². The van der Waals surface area contributed by atoms with E-state index in [0.29, 0.717) is 33.7 Å². The van der Waals surface area contributed by atoms with Crippen LogP contribution < -0.4 is 19.5 Å². The largest absolute Gasteiger partial charge is 0.495 e. The lowest BCUT2D eigenvalue weighted by Crippen LogP contribution is -2.14. The predicted octanol–water partition coefficient (Wildman–Crippen LogP) is 6.43. The van der Waals surface area contributed by atoms with E-state index in [1.807, 2.05) is 13.0 Å². The number of nitriles is 1. The number of nitrogens with zero attached hydrogens (tertiary/aromatic N) is 2. The highest BCUT2D eigenvalue weighted by Crippen LogP contribution is 2.32. The molecule has 3 rings (SSSR count). The topological polar surface area (TPSA) is 124 Å². The van der Waals surface area contributed by atoms with Crippen LogP contribution in [0, 0.1) is 21.4 Å². The molecule has 0 atom stereocenters. The lowest BCUT2D eigenvalue weighted by molar-refractivity contribution is -0.384. The van der Waals surface area contributed by atoms with Crippen molar-refractivity contribution < 1.29 is 23.9 Å². The smallest absolute Gasteiger partial charge is 0.271 e. The zero-order chi connectivity index (χ0) is 26.9. The molecule has 0 saturated heterocycles. The van der Waals surface area contributed by atoms with Crippen molar-refractivity contribution in [3.05, 3.63) is 91.5 Å². The molecule has 1 amide bonds. The Morgan fingerprint density at radius 2 is 1.81 bits per heavy atom. The number of nitro groups is 1. The number of rotatable bonds is 10. The van der Waals surface area contributed by atoms with E-state index in [1.54, 1.807) is 36.4 Å². The fraction of sp³-hybridized carbons (Fsp3) is 0.154. The zero-order valence-electron chi connectivity index (χ0n) is 19.8. The number of ether oxygens (including phenoxy) is 3. The van der Waals surface area contributed by atoms with Gasteiger partial charge in [-0.2, -0.15) is 5.26 Å². The highest BCUT2D eigenvalue weighted by Gasteiger charge is 2.17. The maximum absolute atomic E-state index is 12.8. The van der Waals surface area contributed by atoms with E-state index < -0.39 is 10.8 Å². The number of anilines is 1. The summed E-state index contributed by atoms with van der Waals surface area (Å²) in [5, 5.41) is 24.0. The molecule has 0 fully saturated rings. The van der Waals surface area contributed by atoms with Gasteiger partial charge < -0.3 is 19.5 Å². The fourth-order valence-corrected chi connectivity index (χ4v) is 3.53. The summed E-state index contributed by atoms with van der Waals surface area (Å²) in [6.07, 6.45) is 1.37. The van der Waals surface area contributed by atoms with Gasteiger partial charge in [0.15, 0.2) is 11.5 Å². The van der Waals surface area contributed by atoms with Crippen LogP contribution >= 0.6 is 23.2 Å². The van der Waals surface area contributed by atoms with Crippen LogP contribution in [-0.4, -0.2) is 24.5 Å². The summed E-state index contributed by atoms with van der Waals surface area (Å²) < 4.78 is 16.7. The molecule has 3 aromatic rings. The zero-order valence-corrected chi connectivity index (χ0v) is 21.3. The first kappa shape index (κ1) is 27.3. The molecule has 1 N–H and O–H groups in total. The van der Waals surface area contributed by atoms with Gasteiger partial charge >= 0.3 is 0 Å². The number of hydrogen-bond donors (Lipinski definition) is 1. The van der Waals surface area contributed by atoms with Gasteiger partial charge in [-0.3, -0.25) is 14.9 Å². The molecule has 37 heavy (non-hydrogen) atoms. The molecular formula is C26H21Cl2N3O6. The summed E-state index contributed by atoms with van der Waals surface area (Å²) in [7, 11) is 1.36. The third-order valence-corrected chi connectivity index (χ3v) is 5.70. The number of nitrogens with one attached hydrogen (secondary N) is 1. The summed E-state index contributed by atoms with van der Waals surface area (Å²) in [4.78, 5) is 23.3. The molecule has 0 aliphatic heterocycles. The Hall–Kier alpha value is -4.26. The minimum Gasteiger partial charge on any atom is -0.495 e. The van der Waals surface area contributed by atoms with Crippen LogP contribution in [0.2, 0.25) is 10.0 Å². The molecule has 0 aliphatic rings. The van der Waals surface area contributed by atoms with Gasteiger partial charge in [-0.25, -0.2) is 0 Å². The Balaban J connectivity index is 1.83. The summed E-state index contributed by atoms with van der Waals surface area (Å²) in [6.45, 7) is 2.38. The molecular weight excluding hydrogens is 521 g/mol. The van der Waals surface area contributed by atoms with Gasteiger partial charge in [0, 0.05) is 12.1 Å². The maximum atomic E-state index is 12.8. The van der Waals surface area contributed by atoms with Gasteiger partial charge in [0.2, 0.25) is 0 Å². The lowest BCUT2D eigenvalue weighted by Gasteiger charge is -2.13. The molecule has 0 unspecified atom stereocenters. The summed E-state index contributed by atoms with van der Waals surface area (Å²) in [5.74, 6) is 0.307. The number of carbonyl (C=O) groups excluding carboxylic acids is 1. The molecule has 0 aliphatic carbocycles. The van der Waals surface area contributed by atoms with Crippen molar-refractivity contribution in [3.63, 3.8) is 0 Å². The quantitative estimate of drug-likeness (QED) is 0.135. The summed E-state index contributed by atoms with van der Waals surface area (Å²) in [6, 6.07) is 15.7. The Kier molecular flexibility index (Phi) is 9.33. The molecule has 0 bridgehead atoms. The first-order valence-corrected chi connectivity index (χ1v) is 11.6. The second-order valence-corrected chi connectivity index (χ2v) is 8.26. The summed E-state index contributed by atoms with van der Waals surface area (Å²) in [5.41, 5.74) is 0.893. The second-order valence-electron chi connectivity index (χ2n) is 7.44. The Labute approximate surface area is 222 Å². The van der Waals surface area contributed by atoms with E-state index in [4.69, 9.17) is 37.4 Å². The van der Waals surface area contributed by atoms with Crippen LogP contribution in [-0.2, 0) is 11.4 Å². The fourth-order valence-electron chi connectivity index (χ4n) is 3.20. The van der Waals surface area contributed by atoms with Crippen LogP contribution in [0.5, 0.6) is 17.2 Å². The molecule has 0 spiro atoms. The molecule has 3 aromatic carbocycles. The van der Waals surface area contributed by atoms with E-state index in [9.17, 15) is 20.2 Å². The number of hydrogen-bond acceptors (Lipinski definition) is 7. The first-order valence-electron chi connectivity index (χ1n) is 10.8. The first-order chi connectivity index (χ1) is 17.7. The molecule has 0 radical (unpaired) electrons. The van der Waals surface area contributed by atoms with Gasteiger partial charge in [-0.05, 0) is 54.5 Å². The molecule has 0 saturated carbocycles. The van der Waals surface area contributed by atoms with Crippen molar-refractivity contribution >= 4 is 46.6 Å². The molecule has 9 nitrogen and oxygen atoms in total. The third kappa shape index (κ3) is 7.13. The SMILES string of the molecule is CCOc1cc(/C=C(\C#N)C(=O)Nc2cc([N+](=O)[O-])ccc2OC)ccc1OCc1ccc(Cl)c(Cl)c1. The summed E-state index contributed by atoms with van der Waals surface area (Å²) >= 11 is 12.0. The maximum Gasteiger partial charge on any atom is 0.271 e. The molecule has 0 heterocycles. The van der Waals surface area contributed by atoms with Crippen LogP contribution in [0.4, 0.5) is 11.4 Å². The average molecular weight is 542 g/mol. The van der Waals surface area contributed by atoms with Crippen molar-refractivity contribution in [1.29, 1.82) is 5.26 Å². The Morgan fingerprint density at radius 1 is 1.05 bits per heavy atom. The van der Waals surface area contributed by atoms with E-state index in [1.165, 1.54) is 25.3 Å². The molecule has 11 heteroatoms. The van der Waals surface area contributed by atoms with Gasteiger partial charge in [-0.1, -0.05) is 35.3 Å². The van der Waals surface area contributed by atoms with Gasteiger partial charge in [0.05, 0.1) is 34.4 Å². The van der Waals surface area contributed by atoms with Crippen molar-refractivity contribution in [3.8, 4) is 23.3 Å². The third-order valence-electron chi connectivity index (χ3n) is 4.96. The van der Waals surface area contributed by atoms with E-state index in [2.05, 4.69) is 5.32 Å². The standard InChI is InChI=1S/C26H21Cl2N3O6/c1-3-36-25-12-16(5-8-24(25)37-15-17-4-7-20(27)21(28)11-17)10-18(14-29)26(32)30-22-13-19(31(33)34)6-9-23(22)35-2/h4-13H,3,15H2,1-2H3,(H,30,32)/b18-10+. The number of non-ortho nitro benzene ring substituents is 1. The van der Waals surface area contributed by atoms with Crippen LogP contribution in [0.3, 0.4) is 0 Å². The van der Waals surface area contributed by atoms with Crippen LogP contribution in [0.25, 0.3) is 6.08 Å². The minimum absolute atomic E-state index is 0.0592. The van der Waals surface area contributed by atoms with Crippen LogP contribution in [0.15, 0.2) is 60.2 Å². The van der Waals surface area contributed by atoms with E-state index >= 15 is 0 Å². The Morgan fingerprint density at radius 3 is 2.46 bits per heavy atom. The van der Waals surface area contributed by atoms with Crippen LogP contribution in [0.1, 0.15) is 18.1 Å². The van der Waals surface area contributed by atoms with E-state index in [-0.39, 0.29) is 29.3 Å². The van der Waals surface area contributed by atoms with Crippen molar-refractivity contribution in [2.75, 3.05) is 19.0 Å². The number of carbonyl (C=O) groups is 1. The number of amides is 1. The minimum atomic E-state index is -0.765. The average Bonchev–Trinajstić information content (AvgIpc) is 2.88. The van der Waals surface area contributed by atoms with Gasteiger partial charge in [0.1, 0.15) is 24.0 Å². The number of methoxy groups -OCH3 is 1. The van der Waals surface area contributed by atoms with Crippen molar-refractivity contribution in [1.82, 2.24) is 0 Å². The molecule has 190 valence electrons. The van der Waals surface area contributed by atoms with Gasteiger partial charge in [0.25, 0.3) is 11.6 Å². The number of halogens is 2. The number of nitro benzene ring substituents is 1. The lowest BCUT2D eigenvalue weighted by atomic mass is 10.1. The molecule has 0 aromatic heterocycles. The Bertz CT molecular complexity index is 1400. The van der Waals surface area contributed by atoms with Gasteiger partial charge in [-0.15, -0.1) is 0 Å². The monoisotopic (exact) mass is 541 g/mol. The predicted molar refractivity (Wildman–Crippen MR) is 140 cm³/mol. The second kappa shape index (κ2) is 12.6. The number of benzene rings is 3.